The number of rotatable bonds is 8. The number of nitrogens with one attached hydrogen (secondary N) is 1. The summed E-state index contributed by atoms with van der Waals surface area (Å²) in [4.78, 5) is 27.8. The molecule has 0 spiro atoms. The van der Waals surface area contributed by atoms with Crippen LogP contribution in [0.15, 0.2) is 48.5 Å². The van der Waals surface area contributed by atoms with Gasteiger partial charge in [-0.2, -0.15) is 0 Å². The number of carbonyl (C=O) groups is 2. The zero-order chi connectivity index (χ0) is 22.3. The molecule has 30 heavy (non-hydrogen) atoms. The Morgan fingerprint density at radius 3 is 2.10 bits per heavy atom. The molecule has 0 bridgehead atoms. The topological polar surface area (TPSA) is 58.6 Å². The van der Waals surface area contributed by atoms with Gasteiger partial charge in [0, 0.05) is 12.1 Å². The summed E-state index contributed by atoms with van der Waals surface area (Å²) in [6.45, 7) is 7.91. The molecule has 0 radical (unpaired) electrons. The summed E-state index contributed by atoms with van der Waals surface area (Å²) in [6.07, 6.45) is 0.572. The van der Waals surface area contributed by atoms with E-state index in [1.54, 1.807) is 24.1 Å². The van der Waals surface area contributed by atoms with Gasteiger partial charge in [-0.25, -0.2) is 4.39 Å². The van der Waals surface area contributed by atoms with Crippen molar-refractivity contribution in [1.82, 2.24) is 10.2 Å². The minimum atomic E-state index is -0.612. The van der Waals surface area contributed by atoms with Crippen LogP contribution in [-0.4, -0.2) is 35.4 Å². The van der Waals surface area contributed by atoms with Gasteiger partial charge in [-0.15, -0.1) is 0 Å². The zero-order valence-electron chi connectivity index (χ0n) is 18.4. The van der Waals surface area contributed by atoms with Crippen molar-refractivity contribution in [3.05, 3.63) is 65.5 Å². The van der Waals surface area contributed by atoms with E-state index in [1.165, 1.54) is 12.1 Å². The second-order valence-corrected chi connectivity index (χ2v) is 8.34. The summed E-state index contributed by atoms with van der Waals surface area (Å²) >= 11 is 0. The quantitative estimate of drug-likeness (QED) is 0.708. The van der Waals surface area contributed by atoms with Crippen molar-refractivity contribution < 1.29 is 18.7 Å². The van der Waals surface area contributed by atoms with Crippen LogP contribution < -0.4 is 10.1 Å². The van der Waals surface area contributed by atoms with Gasteiger partial charge in [0.05, 0.1) is 13.5 Å². The van der Waals surface area contributed by atoms with Crippen molar-refractivity contribution >= 4 is 11.8 Å². The molecule has 2 aromatic rings. The van der Waals surface area contributed by atoms with Crippen LogP contribution >= 0.6 is 0 Å². The van der Waals surface area contributed by atoms with Gasteiger partial charge in [-0.3, -0.25) is 9.59 Å². The average molecular weight is 415 g/mol. The Morgan fingerprint density at radius 1 is 1.03 bits per heavy atom. The van der Waals surface area contributed by atoms with Crippen LogP contribution in [0.3, 0.4) is 0 Å². The van der Waals surface area contributed by atoms with E-state index in [1.807, 2.05) is 52.0 Å². The standard InChI is InChI=1S/C24H31FN2O3/c1-6-21(23(29)26-24(2,3)4)27(16-18-9-13-20(30-5)14-10-18)22(28)15-17-7-11-19(25)12-8-17/h7-14,21H,6,15-16H2,1-5H3,(H,26,29)/t21-/m1/s1. The van der Waals surface area contributed by atoms with E-state index >= 15 is 0 Å². The van der Waals surface area contributed by atoms with E-state index in [0.717, 1.165) is 11.3 Å². The maximum atomic E-state index is 13.2. The fraction of sp³-hybridized carbons (Fsp3) is 0.417. The van der Waals surface area contributed by atoms with Crippen LogP contribution in [0.2, 0.25) is 0 Å². The lowest BCUT2D eigenvalue weighted by molar-refractivity contribution is -0.141. The van der Waals surface area contributed by atoms with Crippen molar-refractivity contribution in [3.63, 3.8) is 0 Å². The number of nitrogens with zero attached hydrogens (tertiary/aromatic N) is 1. The van der Waals surface area contributed by atoms with E-state index < -0.39 is 11.6 Å². The number of halogens is 1. The summed E-state index contributed by atoms with van der Waals surface area (Å²) in [6, 6.07) is 12.7. The molecule has 0 saturated carbocycles. The molecule has 1 N–H and O–H groups in total. The van der Waals surface area contributed by atoms with Gasteiger partial charge in [0.2, 0.25) is 11.8 Å². The highest BCUT2D eigenvalue weighted by molar-refractivity contribution is 5.88. The molecular weight excluding hydrogens is 383 g/mol. The summed E-state index contributed by atoms with van der Waals surface area (Å²) < 4.78 is 18.4. The van der Waals surface area contributed by atoms with E-state index in [-0.39, 0.29) is 24.1 Å². The maximum Gasteiger partial charge on any atom is 0.243 e. The molecule has 0 heterocycles. The third-order valence-electron chi connectivity index (χ3n) is 4.66. The first-order valence-corrected chi connectivity index (χ1v) is 10.1. The van der Waals surface area contributed by atoms with Crippen LogP contribution in [0.25, 0.3) is 0 Å². The van der Waals surface area contributed by atoms with E-state index in [4.69, 9.17) is 4.74 Å². The Balaban J connectivity index is 2.29. The van der Waals surface area contributed by atoms with Gasteiger partial charge in [0.15, 0.2) is 0 Å². The number of hydrogen-bond donors (Lipinski definition) is 1. The first-order chi connectivity index (χ1) is 14.1. The number of hydrogen-bond acceptors (Lipinski definition) is 3. The van der Waals surface area contributed by atoms with Crippen molar-refractivity contribution in [2.24, 2.45) is 0 Å². The number of ether oxygens (including phenoxy) is 1. The molecule has 1 atom stereocenters. The highest BCUT2D eigenvalue weighted by Crippen LogP contribution is 2.18. The molecule has 0 aromatic heterocycles. The molecule has 5 nitrogen and oxygen atoms in total. The van der Waals surface area contributed by atoms with Crippen molar-refractivity contribution in [2.45, 2.75) is 58.7 Å². The van der Waals surface area contributed by atoms with Gasteiger partial charge in [0.1, 0.15) is 17.6 Å². The first kappa shape index (κ1) is 23.4. The molecule has 162 valence electrons. The summed E-state index contributed by atoms with van der Waals surface area (Å²) in [5, 5.41) is 2.98. The predicted octanol–water partition coefficient (Wildman–Crippen LogP) is 4.10. The van der Waals surface area contributed by atoms with Crippen LogP contribution in [-0.2, 0) is 22.6 Å². The van der Waals surface area contributed by atoms with Gasteiger partial charge < -0.3 is 15.0 Å². The minimum absolute atomic E-state index is 0.0930. The van der Waals surface area contributed by atoms with Crippen LogP contribution in [0.1, 0.15) is 45.2 Å². The van der Waals surface area contributed by atoms with Crippen LogP contribution in [0, 0.1) is 5.82 Å². The maximum absolute atomic E-state index is 13.2. The predicted molar refractivity (Wildman–Crippen MR) is 116 cm³/mol. The molecule has 6 heteroatoms. The Bertz CT molecular complexity index is 842. The van der Waals surface area contributed by atoms with Crippen molar-refractivity contribution in [2.75, 3.05) is 7.11 Å². The molecule has 0 fully saturated rings. The molecule has 2 rings (SSSR count). The third kappa shape index (κ3) is 6.87. The van der Waals surface area contributed by atoms with Crippen molar-refractivity contribution in [3.8, 4) is 5.75 Å². The molecule has 0 saturated heterocycles. The number of carbonyl (C=O) groups excluding carboxylic acids is 2. The lowest BCUT2D eigenvalue weighted by Gasteiger charge is -2.33. The molecule has 0 aliphatic carbocycles. The third-order valence-corrected chi connectivity index (χ3v) is 4.66. The molecular formula is C24H31FN2O3. The summed E-state index contributed by atoms with van der Waals surface area (Å²) in [5.41, 5.74) is 1.19. The fourth-order valence-corrected chi connectivity index (χ4v) is 3.18. The fourth-order valence-electron chi connectivity index (χ4n) is 3.18. The molecule has 0 unspecified atom stereocenters. The lowest BCUT2D eigenvalue weighted by atomic mass is 10.0. The number of amides is 2. The van der Waals surface area contributed by atoms with Gasteiger partial charge >= 0.3 is 0 Å². The smallest absolute Gasteiger partial charge is 0.243 e. The van der Waals surface area contributed by atoms with E-state index in [9.17, 15) is 14.0 Å². The van der Waals surface area contributed by atoms with Crippen molar-refractivity contribution in [1.29, 1.82) is 0 Å². The highest BCUT2D eigenvalue weighted by Gasteiger charge is 2.30. The minimum Gasteiger partial charge on any atom is -0.497 e. The van der Waals surface area contributed by atoms with Crippen LogP contribution in [0.5, 0.6) is 5.75 Å². The molecule has 0 aliphatic rings. The van der Waals surface area contributed by atoms with E-state index in [0.29, 0.717) is 18.5 Å². The lowest BCUT2D eigenvalue weighted by Crippen LogP contribution is -2.53. The van der Waals surface area contributed by atoms with E-state index in [2.05, 4.69) is 5.32 Å². The van der Waals surface area contributed by atoms with Gasteiger partial charge in [-0.05, 0) is 62.6 Å². The SMILES string of the molecule is CC[C@H](C(=O)NC(C)(C)C)N(Cc1ccc(OC)cc1)C(=O)Cc1ccc(F)cc1. The second kappa shape index (κ2) is 10.2. The number of methoxy groups -OCH3 is 1. The van der Waals surface area contributed by atoms with Gasteiger partial charge in [-0.1, -0.05) is 31.2 Å². The Morgan fingerprint density at radius 2 is 1.60 bits per heavy atom. The van der Waals surface area contributed by atoms with Crippen LogP contribution in [0.4, 0.5) is 4.39 Å². The monoisotopic (exact) mass is 414 g/mol. The summed E-state index contributed by atoms with van der Waals surface area (Å²) in [5.74, 6) is -0.00274. The Kier molecular flexibility index (Phi) is 7.98. The summed E-state index contributed by atoms with van der Waals surface area (Å²) in [7, 11) is 1.59. The molecule has 2 aromatic carbocycles. The normalized spacial score (nSPS) is 12.2. The second-order valence-electron chi connectivity index (χ2n) is 8.34. The van der Waals surface area contributed by atoms with Gasteiger partial charge in [0.25, 0.3) is 0 Å². The average Bonchev–Trinajstić information content (AvgIpc) is 2.68. The highest BCUT2D eigenvalue weighted by atomic mass is 19.1. The number of benzene rings is 2. The Hall–Kier alpha value is -2.89. The zero-order valence-corrected chi connectivity index (χ0v) is 18.4. The molecule has 2 amide bonds. The largest absolute Gasteiger partial charge is 0.497 e. The Labute approximate surface area is 178 Å². The first-order valence-electron chi connectivity index (χ1n) is 10.1. The molecule has 0 aliphatic heterocycles.